The van der Waals surface area contributed by atoms with Gasteiger partial charge in [-0.2, -0.15) is 11.8 Å². The van der Waals surface area contributed by atoms with Crippen LogP contribution in [0.1, 0.15) is 10.7 Å². The van der Waals surface area contributed by atoms with Crippen molar-refractivity contribution in [3.05, 3.63) is 43.1 Å². The molecule has 0 saturated heterocycles. The van der Waals surface area contributed by atoms with Gasteiger partial charge in [0, 0.05) is 30.5 Å². The van der Waals surface area contributed by atoms with Gasteiger partial charge in [-0.1, -0.05) is 0 Å². The zero-order valence-electron chi connectivity index (χ0n) is 13.3. The van der Waals surface area contributed by atoms with Gasteiger partial charge in [0.1, 0.15) is 5.01 Å². The molecule has 9 nitrogen and oxygen atoms in total. The number of aromatic nitrogens is 1. The highest BCUT2D eigenvalue weighted by atomic mass is 32.2. The summed E-state index contributed by atoms with van der Waals surface area (Å²) >= 11 is 3.22. The quantitative estimate of drug-likeness (QED) is 0.275. The van der Waals surface area contributed by atoms with Crippen molar-refractivity contribution < 1.29 is 4.92 Å². The fourth-order valence-electron chi connectivity index (χ4n) is 1.65. The Bertz CT molecular complexity index is 549. The average molecular weight is 360 g/mol. The Labute approximate surface area is 142 Å². The first-order valence-electron chi connectivity index (χ1n) is 6.76. The molecule has 0 unspecified atom stereocenters. The Hall–Kier alpha value is -1.72. The van der Waals surface area contributed by atoms with Gasteiger partial charge in [-0.15, -0.1) is 16.2 Å². The fourth-order valence-corrected chi connectivity index (χ4v) is 3.47. The van der Waals surface area contributed by atoms with Crippen molar-refractivity contribution in [2.45, 2.75) is 12.3 Å². The van der Waals surface area contributed by atoms with E-state index in [9.17, 15) is 15.0 Å². The highest BCUT2D eigenvalue weighted by Crippen LogP contribution is 2.17. The Kier molecular flexibility index (Phi) is 8.51. The molecule has 11 heteroatoms. The summed E-state index contributed by atoms with van der Waals surface area (Å²) in [6.45, 7) is 1.10. The number of nitroso groups, excluding NO2 is 1. The van der Waals surface area contributed by atoms with Crippen LogP contribution in [0.4, 0.5) is 0 Å². The van der Waals surface area contributed by atoms with Crippen LogP contribution in [-0.2, 0) is 12.3 Å². The lowest BCUT2D eigenvalue weighted by atomic mass is 10.5. The minimum atomic E-state index is -0.626. The maximum Gasteiger partial charge on any atom is 0.276 e. The lowest BCUT2D eigenvalue weighted by Crippen LogP contribution is -2.28. The van der Waals surface area contributed by atoms with E-state index < -0.39 is 4.92 Å². The molecule has 1 aromatic heterocycles. The van der Waals surface area contributed by atoms with Crippen LogP contribution in [0.2, 0.25) is 0 Å². The van der Waals surface area contributed by atoms with E-state index in [1.54, 1.807) is 23.1 Å². The molecule has 0 amide bonds. The van der Waals surface area contributed by atoms with Crippen LogP contribution in [0.5, 0.6) is 0 Å². The summed E-state index contributed by atoms with van der Waals surface area (Å²) in [5, 5.41) is 20.0. The van der Waals surface area contributed by atoms with Gasteiger partial charge in [0.05, 0.1) is 22.4 Å². The smallest absolute Gasteiger partial charge is 0.276 e. The van der Waals surface area contributed by atoms with Crippen LogP contribution in [0, 0.1) is 15.0 Å². The first-order valence-corrected chi connectivity index (χ1v) is 8.79. The second-order valence-corrected chi connectivity index (χ2v) is 6.83. The van der Waals surface area contributed by atoms with Crippen molar-refractivity contribution in [2.75, 3.05) is 33.4 Å². The number of nitro groups is 1. The second kappa shape index (κ2) is 10.1. The van der Waals surface area contributed by atoms with Gasteiger partial charge in [0.25, 0.3) is 6.20 Å². The molecule has 0 radical (unpaired) electrons. The fraction of sp³-hybridized carbons (Fsp3) is 0.583. The van der Waals surface area contributed by atoms with Gasteiger partial charge < -0.3 is 10.2 Å². The molecule has 23 heavy (non-hydrogen) atoms. The summed E-state index contributed by atoms with van der Waals surface area (Å²) in [7, 11) is 5.49. The number of thioether (sulfide) groups is 1. The molecule has 0 aliphatic carbocycles. The van der Waals surface area contributed by atoms with Gasteiger partial charge in [-0.05, 0) is 14.1 Å². The molecule has 0 aromatic carbocycles. The van der Waals surface area contributed by atoms with Crippen molar-refractivity contribution in [3.63, 3.8) is 0 Å². The number of hydrogen-bond acceptors (Lipinski definition) is 9. The van der Waals surface area contributed by atoms with Crippen LogP contribution >= 0.6 is 23.1 Å². The molecule has 0 aliphatic heterocycles. The first-order chi connectivity index (χ1) is 11.0. The third-order valence-electron chi connectivity index (χ3n) is 2.61. The normalized spacial score (nSPS) is 11.6. The van der Waals surface area contributed by atoms with E-state index in [4.69, 9.17) is 0 Å². The Morgan fingerprint density at radius 1 is 1.61 bits per heavy atom. The zero-order valence-corrected chi connectivity index (χ0v) is 14.9. The number of hydrogen-bond donors (Lipinski definition) is 1. The molecule has 0 fully saturated rings. The lowest BCUT2D eigenvalue weighted by molar-refractivity contribution is -0.404. The molecule has 0 saturated carbocycles. The third-order valence-corrected chi connectivity index (χ3v) is 4.46. The van der Waals surface area contributed by atoms with E-state index in [0.29, 0.717) is 5.75 Å². The van der Waals surface area contributed by atoms with Crippen LogP contribution < -0.4 is 5.32 Å². The number of rotatable bonds is 11. The van der Waals surface area contributed by atoms with E-state index in [0.717, 1.165) is 34.2 Å². The van der Waals surface area contributed by atoms with Gasteiger partial charge in [0.2, 0.25) is 0 Å². The molecule has 0 aliphatic rings. The van der Waals surface area contributed by atoms with Crippen molar-refractivity contribution >= 4 is 23.1 Å². The molecule has 1 aromatic rings. The zero-order chi connectivity index (χ0) is 17.2. The van der Waals surface area contributed by atoms with Gasteiger partial charge >= 0.3 is 0 Å². The Balaban J connectivity index is 2.41. The number of thiazole rings is 1. The van der Waals surface area contributed by atoms with Crippen molar-refractivity contribution in [1.82, 2.24) is 20.2 Å². The Morgan fingerprint density at radius 3 is 2.91 bits per heavy atom. The van der Waals surface area contributed by atoms with Gasteiger partial charge in [-0.3, -0.25) is 10.1 Å². The SMILES string of the molecule is CN/C(=C\[N+](=O)[O-])N(CCSCc1csc(CN(C)C)n1)N=O. The molecular weight excluding hydrogens is 340 g/mol. The highest BCUT2D eigenvalue weighted by Gasteiger charge is 2.12. The second-order valence-electron chi connectivity index (χ2n) is 4.78. The molecular formula is C12H20N6O3S2. The maximum atomic E-state index is 10.8. The molecule has 0 spiro atoms. The molecule has 0 atom stereocenters. The summed E-state index contributed by atoms with van der Waals surface area (Å²) in [4.78, 5) is 27.2. The summed E-state index contributed by atoms with van der Waals surface area (Å²) in [5.74, 6) is 1.39. The minimum absolute atomic E-state index is 0.0625. The molecule has 1 heterocycles. The molecule has 0 bridgehead atoms. The third kappa shape index (κ3) is 7.39. The van der Waals surface area contributed by atoms with Crippen LogP contribution in [0.15, 0.2) is 22.7 Å². The van der Waals surface area contributed by atoms with Crippen molar-refractivity contribution in [3.8, 4) is 0 Å². The van der Waals surface area contributed by atoms with E-state index >= 15 is 0 Å². The van der Waals surface area contributed by atoms with Gasteiger partial charge in [-0.25, -0.2) is 9.99 Å². The number of nitrogens with zero attached hydrogens (tertiary/aromatic N) is 5. The van der Waals surface area contributed by atoms with Gasteiger partial charge in [0.15, 0.2) is 5.82 Å². The minimum Gasteiger partial charge on any atom is -0.368 e. The molecule has 1 N–H and O–H groups in total. The molecule has 1 rings (SSSR count). The summed E-state index contributed by atoms with van der Waals surface area (Å²) < 4.78 is 0. The van der Waals surface area contributed by atoms with Crippen LogP contribution in [0.25, 0.3) is 0 Å². The van der Waals surface area contributed by atoms with E-state index in [1.165, 1.54) is 7.05 Å². The van der Waals surface area contributed by atoms with Crippen molar-refractivity contribution in [2.24, 2.45) is 5.29 Å². The predicted octanol–water partition coefficient (Wildman–Crippen LogP) is 1.72. The number of nitrogens with one attached hydrogen (secondary N) is 1. The van der Waals surface area contributed by atoms with Crippen LogP contribution in [0.3, 0.4) is 0 Å². The topological polar surface area (TPSA) is 104 Å². The van der Waals surface area contributed by atoms with Crippen molar-refractivity contribution in [1.29, 1.82) is 0 Å². The van der Waals surface area contributed by atoms with E-state index in [2.05, 4.69) is 20.5 Å². The standard InChI is InChI=1S/C12H20N6O3S2/c1-13-11(6-18(20)21)17(15-19)4-5-22-8-10-9-23-12(14-10)7-16(2)3/h6,9,13H,4-5,7-8H2,1-3H3/b11-6+. The van der Waals surface area contributed by atoms with E-state index in [-0.39, 0.29) is 12.4 Å². The lowest BCUT2D eigenvalue weighted by Gasteiger charge is -2.15. The largest absolute Gasteiger partial charge is 0.368 e. The van der Waals surface area contributed by atoms with Crippen LogP contribution in [-0.4, -0.2) is 53.3 Å². The maximum absolute atomic E-state index is 10.8. The predicted molar refractivity (Wildman–Crippen MR) is 92.3 cm³/mol. The monoisotopic (exact) mass is 360 g/mol. The Morgan fingerprint density at radius 2 is 2.35 bits per heavy atom. The summed E-state index contributed by atoms with van der Waals surface area (Å²) in [6.07, 6.45) is 0.722. The van der Waals surface area contributed by atoms with E-state index in [1.807, 2.05) is 19.5 Å². The highest BCUT2D eigenvalue weighted by molar-refractivity contribution is 7.98. The average Bonchev–Trinajstić information content (AvgIpc) is 2.91. The summed E-state index contributed by atoms with van der Waals surface area (Å²) in [6, 6.07) is 0. The molecule has 128 valence electrons. The summed E-state index contributed by atoms with van der Waals surface area (Å²) in [5.41, 5.74) is 0.997. The first kappa shape index (κ1) is 19.3.